The average molecular weight is 396 g/mol. The largest absolute Gasteiger partial charge is 0.573 e. The number of alkyl halides is 3. The van der Waals surface area contributed by atoms with E-state index >= 15 is 0 Å². The lowest BCUT2D eigenvalue weighted by molar-refractivity contribution is -0.274. The standard InChI is InChI=1S/C19H19F3N2O4/c1-18(2,3)28-17(26)24-13-9-7-12(8-10-13)16(25)23-14-5-4-6-15(11-14)27-19(20,21)22/h4-11H,1-3H3,(H,23,25)(H,24,26). The Balaban J connectivity index is 2.00. The van der Waals surface area contributed by atoms with E-state index in [1.54, 1.807) is 20.8 Å². The maximum absolute atomic E-state index is 12.3. The molecule has 2 aromatic carbocycles. The van der Waals surface area contributed by atoms with Crippen LogP contribution in [0.4, 0.5) is 29.3 Å². The summed E-state index contributed by atoms with van der Waals surface area (Å²) in [6.07, 6.45) is -5.45. The highest BCUT2D eigenvalue weighted by Crippen LogP contribution is 2.25. The minimum absolute atomic E-state index is 0.141. The van der Waals surface area contributed by atoms with Crippen LogP contribution in [0, 0.1) is 0 Å². The molecule has 0 aliphatic carbocycles. The smallest absolute Gasteiger partial charge is 0.444 e. The SMILES string of the molecule is CC(C)(C)OC(=O)Nc1ccc(C(=O)Nc2cccc(OC(F)(F)F)c2)cc1. The van der Waals surface area contributed by atoms with Crippen LogP contribution in [0.3, 0.4) is 0 Å². The lowest BCUT2D eigenvalue weighted by Gasteiger charge is -2.19. The second kappa shape index (κ2) is 8.20. The van der Waals surface area contributed by atoms with E-state index in [9.17, 15) is 22.8 Å². The number of ether oxygens (including phenoxy) is 2. The van der Waals surface area contributed by atoms with Crippen LogP contribution >= 0.6 is 0 Å². The van der Waals surface area contributed by atoms with Crippen molar-refractivity contribution in [3.8, 4) is 5.75 Å². The second-order valence-electron chi connectivity index (χ2n) is 6.73. The van der Waals surface area contributed by atoms with Gasteiger partial charge in [0.15, 0.2) is 0 Å². The zero-order valence-corrected chi connectivity index (χ0v) is 15.4. The summed E-state index contributed by atoms with van der Waals surface area (Å²) >= 11 is 0. The van der Waals surface area contributed by atoms with E-state index in [2.05, 4.69) is 15.4 Å². The summed E-state index contributed by atoms with van der Waals surface area (Å²) < 4.78 is 45.7. The van der Waals surface area contributed by atoms with Crippen LogP contribution in [-0.4, -0.2) is 24.0 Å². The number of carbonyl (C=O) groups excluding carboxylic acids is 2. The molecule has 6 nitrogen and oxygen atoms in total. The molecule has 150 valence electrons. The van der Waals surface area contributed by atoms with E-state index in [1.165, 1.54) is 36.4 Å². The summed E-state index contributed by atoms with van der Waals surface area (Å²) in [7, 11) is 0. The molecule has 28 heavy (non-hydrogen) atoms. The number of rotatable bonds is 4. The van der Waals surface area contributed by atoms with Gasteiger partial charge in [-0.25, -0.2) is 4.79 Å². The Bertz CT molecular complexity index is 843. The predicted octanol–water partition coefficient (Wildman–Crippen LogP) is 5.18. The normalized spacial score (nSPS) is 11.5. The van der Waals surface area contributed by atoms with Crippen LogP contribution in [0.15, 0.2) is 48.5 Å². The number of halogens is 3. The Morgan fingerprint density at radius 3 is 2.11 bits per heavy atom. The zero-order valence-electron chi connectivity index (χ0n) is 15.4. The number of amides is 2. The monoisotopic (exact) mass is 396 g/mol. The molecule has 2 rings (SSSR count). The fourth-order valence-electron chi connectivity index (χ4n) is 2.10. The Morgan fingerprint density at radius 2 is 1.54 bits per heavy atom. The molecule has 0 radical (unpaired) electrons. The summed E-state index contributed by atoms with van der Waals surface area (Å²) in [4.78, 5) is 24.0. The van der Waals surface area contributed by atoms with Gasteiger partial charge in [-0.2, -0.15) is 0 Å². The first-order chi connectivity index (χ1) is 12.9. The lowest BCUT2D eigenvalue weighted by atomic mass is 10.2. The Kier molecular flexibility index (Phi) is 6.17. The van der Waals surface area contributed by atoms with E-state index in [0.29, 0.717) is 5.69 Å². The zero-order chi connectivity index (χ0) is 20.9. The van der Waals surface area contributed by atoms with Crippen LogP contribution in [0.25, 0.3) is 0 Å². The molecule has 0 saturated heterocycles. The van der Waals surface area contributed by atoms with Crippen molar-refractivity contribution in [1.82, 2.24) is 0 Å². The number of carbonyl (C=O) groups is 2. The fraction of sp³-hybridized carbons (Fsp3) is 0.263. The summed E-state index contributed by atoms with van der Waals surface area (Å²) in [5.41, 5.74) is 0.167. The first-order valence-corrected chi connectivity index (χ1v) is 8.18. The van der Waals surface area contributed by atoms with Gasteiger partial charge in [0, 0.05) is 23.0 Å². The Morgan fingerprint density at radius 1 is 0.893 bits per heavy atom. The molecule has 0 saturated carbocycles. The average Bonchev–Trinajstić information content (AvgIpc) is 2.52. The summed E-state index contributed by atoms with van der Waals surface area (Å²) in [5.74, 6) is -0.977. The third-order valence-corrected chi connectivity index (χ3v) is 3.12. The van der Waals surface area contributed by atoms with Gasteiger partial charge < -0.3 is 14.8 Å². The number of benzene rings is 2. The number of nitrogens with one attached hydrogen (secondary N) is 2. The topological polar surface area (TPSA) is 76.7 Å². The molecule has 9 heteroatoms. The summed E-state index contributed by atoms with van der Waals surface area (Å²) in [6.45, 7) is 5.19. The Labute approximate surface area is 159 Å². The highest BCUT2D eigenvalue weighted by atomic mass is 19.4. The van der Waals surface area contributed by atoms with Crippen LogP contribution in [0.5, 0.6) is 5.75 Å². The second-order valence-corrected chi connectivity index (χ2v) is 6.73. The molecule has 0 aromatic heterocycles. The third-order valence-electron chi connectivity index (χ3n) is 3.12. The van der Waals surface area contributed by atoms with E-state index in [0.717, 1.165) is 12.1 Å². The minimum Gasteiger partial charge on any atom is -0.444 e. The van der Waals surface area contributed by atoms with Crippen LogP contribution < -0.4 is 15.4 Å². The van der Waals surface area contributed by atoms with E-state index in [-0.39, 0.29) is 11.3 Å². The van der Waals surface area contributed by atoms with Gasteiger partial charge in [-0.15, -0.1) is 13.2 Å². The molecule has 0 bridgehead atoms. The van der Waals surface area contributed by atoms with E-state index in [1.807, 2.05) is 0 Å². The van der Waals surface area contributed by atoms with Crippen molar-refractivity contribution in [2.75, 3.05) is 10.6 Å². The highest BCUT2D eigenvalue weighted by molar-refractivity contribution is 6.04. The number of hydrogen-bond acceptors (Lipinski definition) is 4. The molecule has 2 amide bonds. The molecule has 2 aromatic rings. The molecular weight excluding hydrogens is 377 g/mol. The molecule has 0 aliphatic rings. The fourth-order valence-corrected chi connectivity index (χ4v) is 2.10. The van der Waals surface area contributed by atoms with Crippen LogP contribution in [0.2, 0.25) is 0 Å². The number of hydrogen-bond donors (Lipinski definition) is 2. The van der Waals surface area contributed by atoms with Crippen molar-refractivity contribution >= 4 is 23.4 Å². The molecular formula is C19H19F3N2O4. The molecule has 0 fully saturated rings. The molecule has 0 heterocycles. The first-order valence-electron chi connectivity index (χ1n) is 8.18. The lowest BCUT2D eigenvalue weighted by Crippen LogP contribution is -2.27. The first kappa shape index (κ1) is 21.1. The van der Waals surface area contributed by atoms with E-state index in [4.69, 9.17) is 4.74 Å². The summed E-state index contributed by atoms with van der Waals surface area (Å²) in [5, 5.41) is 5.00. The maximum Gasteiger partial charge on any atom is 0.573 e. The van der Waals surface area contributed by atoms with Gasteiger partial charge in [0.25, 0.3) is 5.91 Å². The van der Waals surface area contributed by atoms with Gasteiger partial charge >= 0.3 is 12.5 Å². The molecule has 0 unspecified atom stereocenters. The van der Waals surface area contributed by atoms with Crippen molar-refractivity contribution in [3.05, 3.63) is 54.1 Å². The van der Waals surface area contributed by atoms with Crippen molar-refractivity contribution in [3.63, 3.8) is 0 Å². The van der Waals surface area contributed by atoms with Gasteiger partial charge in [-0.3, -0.25) is 10.1 Å². The van der Waals surface area contributed by atoms with Gasteiger partial charge in [0.05, 0.1) is 0 Å². The molecule has 2 N–H and O–H groups in total. The Hall–Kier alpha value is -3.23. The molecule has 0 spiro atoms. The van der Waals surface area contributed by atoms with Gasteiger partial charge in [-0.1, -0.05) is 6.07 Å². The van der Waals surface area contributed by atoms with Crippen molar-refractivity contribution in [1.29, 1.82) is 0 Å². The van der Waals surface area contributed by atoms with Crippen LogP contribution in [0.1, 0.15) is 31.1 Å². The van der Waals surface area contributed by atoms with Crippen molar-refractivity contribution in [2.24, 2.45) is 0 Å². The maximum atomic E-state index is 12.3. The third kappa shape index (κ3) is 7.18. The van der Waals surface area contributed by atoms with Gasteiger partial charge in [0.2, 0.25) is 0 Å². The van der Waals surface area contributed by atoms with E-state index < -0.39 is 29.7 Å². The van der Waals surface area contributed by atoms with Crippen LogP contribution in [-0.2, 0) is 4.74 Å². The highest BCUT2D eigenvalue weighted by Gasteiger charge is 2.31. The molecule has 0 aliphatic heterocycles. The quantitative estimate of drug-likeness (QED) is 0.746. The molecule has 0 atom stereocenters. The number of anilines is 2. The van der Waals surface area contributed by atoms with Gasteiger partial charge in [0.1, 0.15) is 11.4 Å². The van der Waals surface area contributed by atoms with Crippen molar-refractivity contribution < 1.29 is 32.2 Å². The summed E-state index contributed by atoms with van der Waals surface area (Å²) in [6, 6.07) is 10.9. The van der Waals surface area contributed by atoms with Crippen molar-refractivity contribution in [2.45, 2.75) is 32.7 Å². The minimum atomic E-state index is -4.82. The predicted molar refractivity (Wildman–Crippen MR) is 97.4 cm³/mol. The van der Waals surface area contributed by atoms with Gasteiger partial charge in [-0.05, 0) is 57.2 Å².